The molecule has 5 unspecified atom stereocenters. The normalized spacial score (nSPS) is 39.2. The second kappa shape index (κ2) is 5.93. The van der Waals surface area contributed by atoms with Crippen LogP contribution in [-0.2, 0) is 14.3 Å². The van der Waals surface area contributed by atoms with Gasteiger partial charge in [-0.2, -0.15) is 0 Å². The highest BCUT2D eigenvalue weighted by atomic mass is 16.6. The molecule has 1 saturated carbocycles. The fraction of sp³-hybridized carbons (Fsp3) is 0.867. The van der Waals surface area contributed by atoms with Crippen LogP contribution in [0.5, 0.6) is 0 Å². The van der Waals surface area contributed by atoms with Crippen LogP contribution in [0.15, 0.2) is 0 Å². The predicted molar refractivity (Wildman–Crippen MR) is 72.3 cm³/mol. The summed E-state index contributed by atoms with van der Waals surface area (Å²) >= 11 is 0. The van der Waals surface area contributed by atoms with E-state index < -0.39 is 0 Å². The average molecular weight is 267 g/mol. The van der Waals surface area contributed by atoms with E-state index in [9.17, 15) is 9.59 Å². The van der Waals surface area contributed by atoms with Gasteiger partial charge in [-0.15, -0.1) is 0 Å². The second-order valence-corrected chi connectivity index (χ2v) is 6.54. The summed E-state index contributed by atoms with van der Waals surface area (Å²) in [7, 11) is 0. The lowest BCUT2D eigenvalue weighted by molar-refractivity contribution is -0.145. The third-order valence-corrected chi connectivity index (χ3v) is 4.83. The van der Waals surface area contributed by atoms with Crippen molar-refractivity contribution in [2.45, 2.75) is 58.6 Å². The van der Waals surface area contributed by atoms with Gasteiger partial charge in [0.1, 0.15) is 6.10 Å². The predicted octanol–water partition coefficient (Wildman–Crippen LogP) is 2.12. The Bertz CT molecular complexity index is 342. The Balaban J connectivity index is 2.15. The molecule has 1 aliphatic heterocycles. The van der Waals surface area contributed by atoms with E-state index in [0.717, 1.165) is 6.42 Å². The number of esters is 1. The molecule has 4 heteroatoms. The fourth-order valence-corrected chi connectivity index (χ4v) is 3.86. The highest BCUT2D eigenvalue weighted by Crippen LogP contribution is 2.42. The SMILES string of the molecule is CC1CCC(C(C)C)C(C2OC(=O)CC2NC=O)C1. The zero-order valence-electron chi connectivity index (χ0n) is 12.1. The van der Waals surface area contributed by atoms with Gasteiger partial charge in [0, 0.05) is 5.92 Å². The van der Waals surface area contributed by atoms with Crippen molar-refractivity contribution < 1.29 is 14.3 Å². The summed E-state index contributed by atoms with van der Waals surface area (Å²) in [6, 6.07) is -0.137. The van der Waals surface area contributed by atoms with Crippen LogP contribution in [0, 0.1) is 23.7 Å². The summed E-state index contributed by atoms with van der Waals surface area (Å²) < 4.78 is 5.53. The number of carbonyl (C=O) groups is 2. The Kier molecular flexibility index (Phi) is 4.48. The number of cyclic esters (lactones) is 1. The van der Waals surface area contributed by atoms with Crippen molar-refractivity contribution in [3.8, 4) is 0 Å². The van der Waals surface area contributed by atoms with Crippen LogP contribution < -0.4 is 5.32 Å². The summed E-state index contributed by atoms with van der Waals surface area (Å²) in [5, 5.41) is 2.77. The Morgan fingerprint density at radius 1 is 1.37 bits per heavy atom. The number of hydrogen-bond acceptors (Lipinski definition) is 3. The molecule has 0 aromatic rings. The van der Waals surface area contributed by atoms with Crippen LogP contribution in [0.25, 0.3) is 0 Å². The monoisotopic (exact) mass is 267 g/mol. The van der Waals surface area contributed by atoms with Gasteiger partial charge in [0.25, 0.3) is 0 Å². The van der Waals surface area contributed by atoms with Gasteiger partial charge >= 0.3 is 5.97 Å². The molecule has 19 heavy (non-hydrogen) atoms. The molecule has 2 rings (SSSR count). The molecular formula is C15H25NO3. The third kappa shape index (κ3) is 3.10. The number of hydrogen-bond donors (Lipinski definition) is 1. The molecule has 2 fully saturated rings. The molecule has 0 spiro atoms. The first-order valence-electron chi connectivity index (χ1n) is 7.42. The minimum atomic E-state index is -0.176. The molecule has 5 atom stereocenters. The fourth-order valence-electron chi connectivity index (χ4n) is 3.86. The van der Waals surface area contributed by atoms with Crippen molar-refractivity contribution >= 4 is 12.4 Å². The lowest BCUT2D eigenvalue weighted by Gasteiger charge is -2.41. The molecule has 1 saturated heterocycles. The van der Waals surface area contributed by atoms with E-state index in [-0.39, 0.29) is 18.1 Å². The maximum atomic E-state index is 11.6. The van der Waals surface area contributed by atoms with E-state index in [1.807, 2.05) is 0 Å². The van der Waals surface area contributed by atoms with Crippen molar-refractivity contribution in [2.75, 3.05) is 0 Å². The van der Waals surface area contributed by atoms with Crippen LogP contribution in [-0.4, -0.2) is 24.5 Å². The van der Waals surface area contributed by atoms with Crippen LogP contribution in [0.4, 0.5) is 0 Å². The van der Waals surface area contributed by atoms with Crippen LogP contribution >= 0.6 is 0 Å². The molecular weight excluding hydrogens is 242 g/mol. The molecule has 4 nitrogen and oxygen atoms in total. The lowest BCUT2D eigenvalue weighted by atomic mass is 9.67. The highest BCUT2D eigenvalue weighted by molar-refractivity contribution is 5.73. The van der Waals surface area contributed by atoms with Gasteiger partial charge in [-0.1, -0.05) is 27.2 Å². The standard InChI is InChI=1S/C15H25NO3/c1-9(2)11-5-4-10(3)6-12(11)15-13(16-8-17)7-14(18)19-15/h8-13,15H,4-7H2,1-3H3,(H,16,17). The Hall–Kier alpha value is -1.06. The van der Waals surface area contributed by atoms with Crippen molar-refractivity contribution in [3.63, 3.8) is 0 Å². The van der Waals surface area contributed by atoms with Crippen LogP contribution in [0.2, 0.25) is 0 Å². The largest absolute Gasteiger partial charge is 0.460 e. The highest BCUT2D eigenvalue weighted by Gasteiger charge is 2.45. The van der Waals surface area contributed by atoms with Gasteiger partial charge < -0.3 is 10.1 Å². The Morgan fingerprint density at radius 3 is 2.74 bits per heavy atom. The summed E-state index contributed by atoms with van der Waals surface area (Å²) in [6.45, 7) is 6.75. The van der Waals surface area contributed by atoms with E-state index >= 15 is 0 Å². The first kappa shape index (κ1) is 14.4. The van der Waals surface area contributed by atoms with E-state index in [4.69, 9.17) is 4.74 Å². The number of carbonyl (C=O) groups excluding carboxylic acids is 2. The van der Waals surface area contributed by atoms with Gasteiger partial charge in [0.2, 0.25) is 6.41 Å². The second-order valence-electron chi connectivity index (χ2n) is 6.54. The summed E-state index contributed by atoms with van der Waals surface area (Å²) in [5.41, 5.74) is 0. The first-order chi connectivity index (χ1) is 9.02. The smallest absolute Gasteiger partial charge is 0.308 e. The quantitative estimate of drug-likeness (QED) is 0.627. The number of nitrogens with one attached hydrogen (secondary N) is 1. The lowest BCUT2D eigenvalue weighted by Crippen LogP contribution is -2.45. The minimum absolute atomic E-state index is 0.132. The van der Waals surface area contributed by atoms with Gasteiger partial charge in [0.15, 0.2) is 0 Å². The Labute approximate surface area is 115 Å². The van der Waals surface area contributed by atoms with Crippen molar-refractivity contribution in [3.05, 3.63) is 0 Å². The molecule has 1 aliphatic carbocycles. The number of amides is 1. The van der Waals surface area contributed by atoms with E-state index in [1.165, 1.54) is 12.8 Å². The summed E-state index contributed by atoms with van der Waals surface area (Å²) in [6.07, 6.45) is 4.43. The average Bonchev–Trinajstić information content (AvgIpc) is 2.70. The minimum Gasteiger partial charge on any atom is -0.460 e. The number of rotatable bonds is 4. The molecule has 2 aliphatic rings. The number of ether oxygens (including phenoxy) is 1. The van der Waals surface area contributed by atoms with Crippen molar-refractivity contribution in [1.29, 1.82) is 0 Å². The molecule has 0 aromatic carbocycles. The molecule has 1 N–H and O–H groups in total. The summed E-state index contributed by atoms with van der Waals surface area (Å²) in [4.78, 5) is 22.3. The van der Waals surface area contributed by atoms with Crippen molar-refractivity contribution in [1.82, 2.24) is 5.32 Å². The van der Waals surface area contributed by atoms with Gasteiger partial charge in [-0.25, -0.2) is 0 Å². The maximum absolute atomic E-state index is 11.6. The van der Waals surface area contributed by atoms with E-state index in [2.05, 4.69) is 26.1 Å². The molecule has 0 bridgehead atoms. The van der Waals surface area contributed by atoms with Gasteiger partial charge in [0.05, 0.1) is 12.5 Å². The summed E-state index contributed by atoms with van der Waals surface area (Å²) in [5.74, 6) is 2.06. The first-order valence-corrected chi connectivity index (χ1v) is 7.42. The zero-order valence-corrected chi connectivity index (χ0v) is 12.1. The molecule has 0 aromatic heterocycles. The molecule has 1 heterocycles. The molecule has 1 amide bonds. The van der Waals surface area contributed by atoms with Gasteiger partial charge in [-0.05, 0) is 30.6 Å². The third-order valence-electron chi connectivity index (χ3n) is 4.83. The van der Waals surface area contributed by atoms with Crippen LogP contribution in [0.3, 0.4) is 0 Å². The maximum Gasteiger partial charge on any atom is 0.308 e. The zero-order chi connectivity index (χ0) is 14.0. The van der Waals surface area contributed by atoms with Gasteiger partial charge in [-0.3, -0.25) is 9.59 Å². The van der Waals surface area contributed by atoms with Crippen LogP contribution in [0.1, 0.15) is 46.5 Å². The van der Waals surface area contributed by atoms with E-state index in [0.29, 0.717) is 36.5 Å². The molecule has 0 radical (unpaired) electrons. The van der Waals surface area contributed by atoms with Crippen molar-refractivity contribution in [2.24, 2.45) is 23.7 Å². The molecule has 108 valence electrons. The Morgan fingerprint density at radius 2 is 2.11 bits per heavy atom. The van der Waals surface area contributed by atoms with E-state index in [1.54, 1.807) is 0 Å². The topological polar surface area (TPSA) is 55.4 Å².